The Bertz CT molecular complexity index is 1960. The third-order valence-electron chi connectivity index (χ3n) is 11.1. The third kappa shape index (κ3) is 5.76. The molecule has 1 N–H and O–H groups in total. The molecule has 1 saturated heterocycles. The van der Waals surface area contributed by atoms with Gasteiger partial charge in [-0.05, 0) is 111 Å². The van der Waals surface area contributed by atoms with Gasteiger partial charge in [-0.25, -0.2) is 4.79 Å². The topological polar surface area (TPSA) is 68.9 Å². The molecule has 48 heavy (non-hydrogen) atoms. The molecule has 2 aliphatic heterocycles. The molecule has 0 radical (unpaired) electrons. The number of hydrogen-bond acceptors (Lipinski definition) is 4. The second kappa shape index (κ2) is 13.3. The number of ether oxygens (including phenoxy) is 2. The van der Waals surface area contributed by atoms with Gasteiger partial charge in [0.25, 0.3) is 0 Å². The number of aromatic carboxylic acids is 1. The molecule has 3 aliphatic rings. The number of fused-ring (bicyclic) bond motifs is 4. The first kappa shape index (κ1) is 31.1. The van der Waals surface area contributed by atoms with Crippen LogP contribution in [0.4, 0.5) is 0 Å². The number of rotatable bonds is 9. The fraction of sp³-hybridized carbons (Fsp3) is 0.439. The molecule has 0 amide bonds. The fourth-order valence-electron chi connectivity index (χ4n) is 8.80. The molecule has 7 nitrogen and oxygen atoms in total. The second-order valence-electron chi connectivity index (χ2n) is 14.1. The molecule has 0 unspecified atom stereocenters. The van der Waals surface area contributed by atoms with Crippen LogP contribution in [-0.2, 0) is 26.1 Å². The standard InChI is InChI=1S/C41H47N3O4/c1-47-32-13-8-10-28(24-32)27-48-36-17-16-34-39-38(36)31(18-23-42-19-6-3-7-20-42)26-43(39)21-9-22-44-35-25-30(41(45)46)14-15-33(35)37(40(34)44)29-11-4-2-5-12-29/h8,10,13-17,24-26,29H,2-7,9,11-12,18-23,27H2,1H3,(H,45,46). The van der Waals surface area contributed by atoms with Crippen molar-refractivity contribution in [3.63, 3.8) is 0 Å². The number of aromatic nitrogens is 2. The zero-order chi connectivity index (χ0) is 32.6. The highest BCUT2D eigenvalue weighted by atomic mass is 16.5. The van der Waals surface area contributed by atoms with Gasteiger partial charge in [0.1, 0.15) is 18.1 Å². The highest BCUT2D eigenvalue weighted by molar-refractivity contribution is 6.05. The SMILES string of the molecule is COc1cccc(COc2ccc3c4c2c(CCN2CCCCC2)cn4CCCn2c-3c(C3CCCCC3)c3ccc(C(=O)O)cc32)c1. The predicted octanol–water partition coefficient (Wildman–Crippen LogP) is 9.03. The molecule has 8 rings (SSSR count). The summed E-state index contributed by atoms with van der Waals surface area (Å²) in [5.74, 6) is 1.36. The normalized spacial score (nSPS) is 17.3. The summed E-state index contributed by atoms with van der Waals surface area (Å²) in [6, 6.07) is 18.4. The van der Waals surface area contributed by atoms with Crippen molar-refractivity contribution in [2.45, 2.75) is 89.8 Å². The molecule has 1 saturated carbocycles. The van der Waals surface area contributed by atoms with Crippen molar-refractivity contribution in [2.75, 3.05) is 26.7 Å². The maximum absolute atomic E-state index is 12.1. The number of nitrogens with zero attached hydrogens (tertiary/aromatic N) is 3. The van der Waals surface area contributed by atoms with Gasteiger partial charge in [-0.2, -0.15) is 0 Å². The number of carbonyl (C=O) groups is 1. The molecule has 250 valence electrons. The number of likely N-dealkylation sites (tertiary alicyclic amines) is 1. The first-order valence-electron chi connectivity index (χ1n) is 18.1. The van der Waals surface area contributed by atoms with Crippen LogP contribution in [0.15, 0.2) is 60.8 Å². The number of hydrogen-bond donors (Lipinski definition) is 1. The largest absolute Gasteiger partial charge is 0.497 e. The van der Waals surface area contributed by atoms with Crippen molar-refractivity contribution in [1.29, 1.82) is 0 Å². The summed E-state index contributed by atoms with van der Waals surface area (Å²) in [6.07, 6.45) is 14.4. The summed E-state index contributed by atoms with van der Waals surface area (Å²) in [5, 5.41) is 12.4. The van der Waals surface area contributed by atoms with Gasteiger partial charge in [0.15, 0.2) is 0 Å². The van der Waals surface area contributed by atoms with Gasteiger partial charge >= 0.3 is 5.97 Å². The molecule has 0 spiro atoms. The highest BCUT2D eigenvalue weighted by Gasteiger charge is 2.30. The molecule has 5 aromatic rings. The van der Waals surface area contributed by atoms with E-state index < -0.39 is 5.97 Å². The molecule has 7 heteroatoms. The number of methoxy groups -OCH3 is 1. The Balaban J connectivity index is 1.31. The quantitative estimate of drug-likeness (QED) is 0.173. The first-order chi connectivity index (χ1) is 23.6. The van der Waals surface area contributed by atoms with Crippen LogP contribution >= 0.6 is 0 Å². The lowest BCUT2D eigenvalue weighted by molar-refractivity contribution is 0.0697. The maximum atomic E-state index is 12.1. The van der Waals surface area contributed by atoms with Crippen LogP contribution < -0.4 is 9.47 Å². The van der Waals surface area contributed by atoms with Gasteiger partial charge in [-0.1, -0.05) is 43.9 Å². The van der Waals surface area contributed by atoms with Crippen molar-refractivity contribution in [3.05, 3.63) is 83.0 Å². The van der Waals surface area contributed by atoms with E-state index in [4.69, 9.17) is 9.47 Å². The van der Waals surface area contributed by atoms with Crippen LogP contribution in [0.3, 0.4) is 0 Å². The molecular weight excluding hydrogens is 598 g/mol. The summed E-state index contributed by atoms with van der Waals surface area (Å²) in [4.78, 5) is 14.8. The third-order valence-corrected chi connectivity index (χ3v) is 11.1. The Labute approximate surface area is 283 Å². The summed E-state index contributed by atoms with van der Waals surface area (Å²) >= 11 is 0. The average molecular weight is 646 g/mol. The Morgan fingerprint density at radius 2 is 1.73 bits per heavy atom. The van der Waals surface area contributed by atoms with E-state index in [-0.39, 0.29) is 0 Å². The minimum atomic E-state index is -0.871. The average Bonchev–Trinajstić information content (AvgIpc) is 3.65. The Kier molecular flexibility index (Phi) is 8.64. The van der Waals surface area contributed by atoms with E-state index in [1.165, 1.54) is 103 Å². The number of aryl methyl sites for hydroxylation is 2. The van der Waals surface area contributed by atoms with Gasteiger partial charge in [0.2, 0.25) is 0 Å². The van der Waals surface area contributed by atoms with E-state index in [1.807, 2.05) is 24.3 Å². The van der Waals surface area contributed by atoms with Crippen LogP contribution in [0.1, 0.15) is 90.8 Å². The van der Waals surface area contributed by atoms with Crippen molar-refractivity contribution < 1.29 is 19.4 Å². The molecule has 2 aromatic heterocycles. The lowest BCUT2D eigenvalue weighted by Gasteiger charge is -2.26. The van der Waals surface area contributed by atoms with Gasteiger partial charge in [0.05, 0.1) is 23.9 Å². The van der Waals surface area contributed by atoms with Gasteiger partial charge in [-0.3, -0.25) is 0 Å². The zero-order valence-electron chi connectivity index (χ0n) is 28.2. The lowest BCUT2D eigenvalue weighted by atomic mass is 9.81. The summed E-state index contributed by atoms with van der Waals surface area (Å²) in [6.45, 7) is 5.66. The molecule has 2 fully saturated rings. The van der Waals surface area contributed by atoms with Crippen LogP contribution in [0.25, 0.3) is 33.1 Å². The van der Waals surface area contributed by atoms with Crippen LogP contribution in [0.5, 0.6) is 11.5 Å². The van der Waals surface area contributed by atoms with Crippen LogP contribution in [-0.4, -0.2) is 51.9 Å². The highest BCUT2D eigenvalue weighted by Crippen LogP contribution is 2.48. The first-order valence-corrected chi connectivity index (χ1v) is 18.1. The Morgan fingerprint density at radius 3 is 2.54 bits per heavy atom. The smallest absolute Gasteiger partial charge is 0.335 e. The number of carboxylic acids is 1. The molecule has 3 aromatic carbocycles. The van der Waals surface area contributed by atoms with E-state index in [0.717, 1.165) is 55.1 Å². The van der Waals surface area contributed by atoms with Gasteiger partial charge < -0.3 is 28.6 Å². The zero-order valence-corrected chi connectivity index (χ0v) is 28.2. The monoisotopic (exact) mass is 645 g/mol. The number of benzene rings is 3. The van der Waals surface area contributed by atoms with E-state index in [9.17, 15) is 9.90 Å². The van der Waals surface area contributed by atoms with Crippen LogP contribution in [0.2, 0.25) is 0 Å². The molecule has 0 atom stereocenters. The van der Waals surface area contributed by atoms with E-state index >= 15 is 0 Å². The Morgan fingerprint density at radius 1 is 0.896 bits per heavy atom. The summed E-state index contributed by atoms with van der Waals surface area (Å²) in [7, 11) is 1.70. The lowest BCUT2D eigenvalue weighted by Crippen LogP contribution is -2.31. The summed E-state index contributed by atoms with van der Waals surface area (Å²) in [5.41, 5.74) is 9.05. The van der Waals surface area contributed by atoms with Crippen molar-refractivity contribution in [2.24, 2.45) is 0 Å². The van der Waals surface area contributed by atoms with Crippen molar-refractivity contribution >= 4 is 27.8 Å². The van der Waals surface area contributed by atoms with E-state index in [2.05, 4.69) is 44.5 Å². The fourth-order valence-corrected chi connectivity index (χ4v) is 8.80. The van der Waals surface area contributed by atoms with Crippen molar-refractivity contribution in [1.82, 2.24) is 14.0 Å². The van der Waals surface area contributed by atoms with Crippen molar-refractivity contribution in [3.8, 4) is 22.8 Å². The second-order valence-corrected chi connectivity index (χ2v) is 14.1. The summed E-state index contributed by atoms with van der Waals surface area (Å²) < 4.78 is 17.2. The van der Waals surface area contributed by atoms with Crippen LogP contribution in [0, 0.1) is 0 Å². The maximum Gasteiger partial charge on any atom is 0.335 e. The van der Waals surface area contributed by atoms with E-state index in [1.54, 1.807) is 13.2 Å². The number of piperidine rings is 1. The molecule has 1 aliphatic carbocycles. The Hall–Kier alpha value is -4.23. The van der Waals surface area contributed by atoms with Gasteiger partial charge in [0, 0.05) is 47.7 Å². The molecule has 4 heterocycles. The minimum Gasteiger partial charge on any atom is -0.497 e. The van der Waals surface area contributed by atoms with Gasteiger partial charge in [-0.15, -0.1) is 0 Å². The predicted molar refractivity (Wildman–Crippen MR) is 192 cm³/mol. The van der Waals surface area contributed by atoms with E-state index in [0.29, 0.717) is 18.1 Å². The molecule has 0 bridgehead atoms. The molecular formula is C41H47N3O4. The number of carboxylic acid groups (broad SMARTS) is 1. The minimum absolute atomic E-state index is 0.356.